The number of hydrogen-bond acceptors (Lipinski definition) is 3. The lowest BCUT2D eigenvalue weighted by Gasteiger charge is -2.23. The molecule has 1 fully saturated rings. The van der Waals surface area contributed by atoms with E-state index in [1.165, 1.54) is 24.0 Å². The molecule has 2 aliphatic rings. The molecule has 0 atom stereocenters. The highest BCUT2D eigenvalue weighted by Crippen LogP contribution is 2.36. The first kappa shape index (κ1) is 16.2. The maximum atomic E-state index is 12.4. The molecule has 0 radical (unpaired) electrons. The number of ether oxygens (including phenoxy) is 2. The second-order valence-corrected chi connectivity index (χ2v) is 6.96. The molecule has 1 heterocycles. The molecule has 1 aliphatic heterocycles. The molecule has 4 rings (SSSR count). The number of carbonyl (C=O) groups excluding carboxylic acids is 1. The Bertz CT molecular complexity index is 811. The van der Waals surface area contributed by atoms with E-state index in [2.05, 4.69) is 31.2 Å². The van der Waals surface area contributed by atoms with Gasteiger partial charge in [-0.15, -0.1) is 0 Å². The van der Waals surface area contributed by atoms with Crippen molar-refractivity contribution in [3.8, 4) is 16.9 Å². The molecule has 0 aromatic heterocycles. The third-order valence-electron chi connectivity index (χ3n) is 5.04. The fourth-order valence-electron chi connectivity index (χ4n) is 3.44. The van der Waals surface area contributed by atoms with Gasteiger partial charge >= 0.3 is 0 Å². The Morgan fingerprint density at radius 1 is 1.16 bits per heavy atom. The number of aryl methyl sites for hydroxylation is 1. The first-order valence-corrected chi connectivity index (χ1v) is 8.82. The van der Waals surface area contributed by atoms with Crippen molar-refractivity contribution in [3.63, 3.8) is 0 Å². The largest absolute Gasteiger partial charge is 0.497 e. The number of hydrogen-bond donors (Lipinski definition) is 0. The van der Waals surface area contributed by atoms with Gasteiger partial charge in [0.25, 0.3) is 5.91 Å². The van der Waals surface area contributed by atoms with E-state index < -0.39 is 0 Å². The molecule has 2 aromatic carbocycles. The van der Waals surface area contributed by atoms with E-state index in [0.717, 1.165) is 29.1 Å². The summed E-state index contributed by atoms with van der Waals surface area (Å²) in [5.41, 5.74) is 5.57. The van der Waals surface area contributed by atoms with E-state index in [-0.39, 0.29) is 12.5 Å². The third-order valence-corrected chi connectivity index (χ3v) is 5.04. The summed E-state index contributed by atoms with van der Waals surface area (Å²) in [5, 5.41) is 0. The molecule has 0 N–H and O–H groups in total. The van der Waals surface area contributed by atoms with Crippen molar-refractivity contribution in [1.82, 2.24) is 0 Å². The van der Waals surface area contributed by atoms with Crippen LogP contribution in [0.1, 0.15) is 24.0 Å². The van der Waals surface area contributed by atoms with Crippen molar-refractivity contribution in [2.24, 2.45) is 5.92 Å². The molecule has 25 heavy (non-hydrogen) atoms. The number of nitrogens with zero attached hydrogens (tertiary/aromatic N) is 1. The summed E-state index contributed by atoms with van der Waals surface area (Å²) in [6.45, 7) is 3.54. The molecule has 0 spiro atoms. The fourth-order valence-corrected chi connectivity index (χ4v) is 3.44. The van der Waals surface area contributed by atoms with Gasteiger partial charge in [-0.2, -0.15) is 0 Å². The third kappa shape index (κ3) is 3.27. The van der Waals surface area contributed by atoms with Crippen LogP contribution in [0, 0.1) is 12.8 Å². The number of rotatable bonds is 4. The van der Waals surface area contributed by atoms with Crippen molar-refractivity contribution >= 4 is 11.6 Å². The zero-order valence-corrected chi connectivity index (χ0v) is 14.7. The van der Waals surface area contributed by atoms with E-state index >= 15 is 0 Å². The Morgan fingerprint density at radius 3 is 2.72 bits per heavy atom. The summed E-state index contributed by atoms with van der Waals surface area (Å²) in [6.07, 6.45) is 2.45. The van der Waals surface area contributed by atoms with Gasteiger partial charge in [0.1, 0.15) is 12.4 Å². The topological polar surface area (TPSA) is 38.8 Å². The molecular formula is C21H23NO3. The van der Waals surface area contributed by atoms with Crippen LogP contribution in [0.3, 0.4) is 0 Å². The van der Waals surface area contributed by atoms with E-state index in [9.17, 15) is 4.79 Å². The molecule has 1 amide bonds. The molecule has 2 aromatic rings. The molecule has 130 valence electrons. The SMILES string of the molecule is COc1ccc(-c2ccc3c(c2)COCC(=O)N3CC2CC2)c(C)c1. The summed E-state index contributed by atoms with van der Waals surface area (Å²) in [6, 6.07) is 12.4. The zero-order valence-electron chi connectivity index (χ0n) is 14.7. The van der Waals surface area contributed by atoms with Crippen LogP contribution >= 0.6 is 0 Å². The van der Waals surface area contributed by atoms with Crippen LogP contribution in [0.4, 0.5) is 5.69 Å². The van der Waals surface area contributed by atoms with E-state index in [4.69, 9.17) is 9.47 Å². The standard InChI is InChI=1S/C21H23NO3/c1-14-9-18(24-2)6-7-19(14)16-5-8-20-17(10-16)12-25-13-21(23)22(20)11-15-3-4-15/h5-10,15H,3-4,11-13H2,1-2H3. The normalized spacial score (nSPS) is 17.2. The van der Waals surface area contributed by atoms with Gasteiger partial charge in [0.05, 0.1) is 13.7 Å². The summed E-state index contributed by atoms with van der Waals surface area (Å²) >= 11 is 0. The Kier molecular flexibility index (Phi) is 4.22. The Balaban J connectivity index is 1.71. The Morgan fingerprint density at radius 2 is 2.00 bits per heavy atom. The predicted octanol–water partition coefficient (Wildman–Crippen LogP) is 3.94. The molecule has 0 bridgehead atoms. The van der Waals surface area contributed by atoms with Crippen molar-refractivity contribution in [3.05, 3.63) is 47.5 Å². The lowest BCUT2D eigenvalue weighted by Crippen LogP contribution is -2.34. The lowest BCUT2D eigenvalue weighted by molar-refractivity contribution is -0.123. The first-order chi connectivity index (χ1) is 12.2. The van der Waals surface area contributed by atoms with Gasteiger partial charge in [0, 0.05) is 17.8 Å². The molecule has 4 nitrogen and oxygen atoms in total. The van der Waals surface area contributed by atoms with Crippen LogP contribution in [-0.4, -0.2) is 26.2 Å². The summed E-state index contributed by atoms with van der Waals surface area (Å²) in [7, 11) is 1.68. The molecule has 0 unspecified atom stereocenters. The van der Waals surface area contributed by atoms with Crippen LogP contribution in [0.2, 0.25) is 0 Å². The molecular weight excluding hydrogens is 314 g/mol. The first-order valence-electron chi connectivity index (χ1n) is 8.82. The Labute approximate surface area is 148 Å². The van der Waals surface area contributed by atoms with Crippen LogP contribution in [0.25, 0.3) is 11.1 Å². The lowest BCUT2D eigenvalue weighted by atomic mass is 9.97. The maximum Gasteiger partial charge on any atom is 0.253 e. The van der Waals surface area contributed by atoms with Gasteiger partial charge in [-0.25, -0.2) is 0 Å². The van der Waals surface area contributed by atoms with Crippen molar-refractivity contribution in [2.75, 3.05) is 25.2 Å². The molecule has 4 heteroatoms. The van der Waals surface area contributed by atoms with Crippen LogP contribution in [0.15, 0.2) is 36.4 Å². The van der Waals surface area contributed by atoms with Crippen molar-refractivity contribution < 1.29 is 14.3 Å². The van der Waals surface area contributed by atoms with Crippen molar-refractivity contribution in [2.45, 2.75) is 26.4 Å². The minimum Gasteiger partial charge on any atom is -0.497 e. The number of benzene rings is 2. The number of fused-ring (bicyclic) bond motifs is 1. The fraction of sp³-hybridized carbons (Fsp3) is 0.381. The predicted molar refractivity (Wildman–Crippen MR) is 97.9 cm³/mol. The highest BCUT2D eigenvalue weighted by molar-refractivity contribution is 5.96. The molecule has 0 saturated heterocycles. The van der Waals surface area contributed by atoms with Crippen molar-refractivity contribution in [1.29, 1.82) is 0 Å². The molecule has 1 saturated carbocycles. The average Bonchev–Trinajstić information content (AvgIpc) is 3.44. The molecule has 1 aliphatic carbocycles. The zero-order chi connectivity index (χ0) is 17.4. The highest BCUT2D eigenvalue weighted by Gasteiger charge is 2.30. The number of amides is 1. The summed E-state index contributed by atoms with van der Waals surface area (Å²) in [4.78, 5) is 14.3. The van der Waals surface area contributed by atoms with Gasteiger partial charge in [-0.3, -0.25) is 4.79 Å². The van der Waals surface area contributed by atoms with Gasteiger partial charge < -0.3 is 14.4 Å². The smallest absolute Gasteiger partial charge is 0.253 e. The Hall–Kier alpha value is -2.33. The van der Waals surface area contributed by atoms with E-state index in [1.54, 1.807) is 7.11 Å². The summed E-state index contributed by atoms with van der Waals surface area (Å²) < 4.78 is 10.9. The average molecular weight is 337 g/mol. The van der Waals surface area contributed by atoms with E-state index in [1.807, 2.05) is 17.0 Å². The van der Waals surface area contributed by atoms with Gasteiger partial charge in [-0.1, -0.05) is 12.1 Å². The quantitative estimate of drug-likeness (QED) is 0.848. The van der Waals surface area contributed by atoms with Crippen LogP contribution in [0.5, 0.6) is 5.75 Å². The van der Waals surface area contributed by atoms with Gasteiger partial charge in [-0.05, 0) is 66.6 Å². The van der Waals surface area contributed by atoms with E-state index in [0.29, 0.717) is 12.5 Å². The highest BCUT2D eigenvalue weighted by atomic mass is 16.5. The van der Waals surface area contributed by atoms with Crippen LogP contribution < -0.4 is 9.64 Å². The minimum absolute atomic E-state index is 0.0685. The van der Waals surface area contributed by atoms with Gasteiger partial charge in [0.15, 0.2) is 0 Å². The monoisotopic (exact) mass is 337 g/mol. The number of methoxy groups -OCH3 is 1. The number of carbonyl (C=O) groups is 1. The second kappa shape index (κ2) is 6.52. The second-order valence-electron chi connectivity index (χ2n) is 6.96. The number of anilines is 1. The summed E-state index contributed by atoms with van der Waals surface area (Å²) in [5.74, 6) is 1.58. The van der Waals surface area contributed by atoms with Gasteiger partial charge in [0.2, 0.25) is 0 Å². The minimum atomic E-state index is 0.0685. The maximum absolute atomic E-state index is 12.4. The van der Waals surface area contributed by atoms with Crippen LogP contribution in [-0.2, 0) is 16.1 Å².